The summed E-state index contributed by atoms with van der Waals surface area (Å²) in [5.74, 6) is -1.60. The lowest BCUT2D eigenvalue weighted by Crippen LogP contribution is -2.36. The summed E-state index contributed by atoms with van der Waals surface area (Å²) >= 11 is 0. The third-order valence-corrected chi connectivity index (χ3v) is 4.45. The van der Waals surface area contributed by atoms with Crippen LogP contribution in [0.5, 0.6) is 0 Å². The van der Waals surface area contributed by atoms with Crippen molar-refractivity contribution < 1.29 is 13.6 Å². The van der Waals surface area contributed by atoms with E-state index >= 15 is 0 Å². The van der Waals surface area contributed by atoms with Crippen LogP contribution in [-0.2, 0) is 16.9 Å². The maximum absolute atomic E-state index is 13.4. The average Bonchev–Trinajstić information content (AvgIpc) is 3.26. The van der Waals surface area contributed by atoms with E-state index in [0.29, 0.717) is 24.1 Å². The molecule has 0 spiro atoms. The van der Waals surface area contributed by atoms with Gasteiger partial charge in [0.25, 0.3) is 0 Å². The van der Waals surface area contributed by atoms with Crippen molar-refractivity contribution in [3.05, 3.63) is 63.3 Å². The van der Waals surface area contributed by atoms with Gasteiger partial charge in [0.15, 0.2) is 0 Å². The summed E-state index contributed by atoms with van der Waals surface area (Å²) in [5, 5.41) is 2.85. The average molecular weight is 347 g/mol. The van der Waals surface area contributed by atoms with Crippen molar-refractivity contribution >= 4 is 5.91 Å². The largest absolute Gasteiger partial charge is 0.347 e. The first-order valence-corrected chi connectivity index (χ1v) is 8.12. The third kappa shape index (κ3) is 3.75. The highest BCUT2D eigenvalue weighted by Crippen LogP contribution is 2.45. The van der Waals surface area contributed by atoms with Gasteiger partial charge in [0, 0.05) is 30.4 Å². The van der Waals surface area contributed by atoms with Crippen molar-refractivity contribution in [1.29, 1.82) is 0 Å². The highest BCUT2D eigenvalue weighted by Gasteiger charge is 2.46. The topological polar surface area (TPSA) is 64.0 Å². The zero-order valence-electron chi connectivity index (χ0n) is 14.1. The molecule has 0 saturated heterocycles. The molecule has 132 valence electrons. The van der Waals surface area contributed by atoms with E-state index in [1.54, 1.807) is 19.9 Å². The number of halogens is 2. The van der Waals surface area contributed by atoms with Crippen molar-refractivity contribution in [3.8, 4) is 0 Å². The summed E-state index contributed by atoms with van der Waals surface area (Å²) in [6, 6.07) is 5.07. The monoisotopic (exact) mass is 347 g/mol. The molecule has 3 rings (SSSR count). The van der Waals surface area contributed by atoms with Gasteiger partial charge >= 0.3 is 5.69 Å². The second-order valence-corrected chi connectivity index (χ2v) is 6.51. The molecule has 1 amide bonds. The normalized spacial score (nSPS) is 15.0. The molecule has 1 N–H and O–H groups in total. The molecular formula is C18H19F2N3O2. The smallest absolute Gasteiger partial charge is 0.347 e. The third-order valence-electron chi connectivity index (χ3n) is 4.45. The van der Waals surface area contributed by atoms with Crippen molar-refractivity contribution in [2.45, 2.75) is 45.2 Å². The van der Waals surface area contributed by atoms with Crippen LogP contribution in [0, 0.1) is 25.5 Å². The number of nitrogens with zero attached hydrogens (tertiary/aromatic N) is 2. The van der Waals surface area contributed by atoms with Crippen LogP contribution >= 0.6 is 0 Å². The minimum atomic E-state index is -0.703. The molecule has 0 atom stereocenters. The maximum atomic E-state index is 13.4. The van der Waals surface area contributed by atoms with E-state index in [0.717, 1.165) is 11.8 Å². The minimum Gasteiger partial charge on any atom is -0.347 e. The molecule has 0 radical (unpaired) electrons. The Morgan fingerprint density at radius 3 is 2.40 bits per heavy atom. The van der Waals surface area contributed by atoms with Gasteiger partial charge in [-0.05, 0) is 50.5 Å². The number of nitrogens with one attached hydrogen (secondary N) is 1. The molecule has 1 aliphatic carbocycles. The van der Waals surface area contributed by atoms with E-state index in [-0.39, 0.29) is 18.9 Å². The summed E-state index contributed by atoms with van der Waals surface area (Å²) < 4.78 is 28.3. The lowest BCUT2D eigenvalue weighted by molar-refractivity contribution is -0.122. The minimum absolute atomic E-state index is 0.0883. The number of hydrogen-bond donors (Lipinski definition) is 1. The Hall–Kier alpha value is -2.57. The van der Waals surface area contributed by atoms with Gasteiger partial charge in [0.1, 0.15) is 11.6 Å². The van der Waals surface area contributed by atoms with E-state index < -0.39 is 22.9 Å². The number of benzene rings is 1. The van der Waals surface area contributed by atoms with Gasteiger partial charge < -0.3 is 5.32 Å². The van der Waals surface area contributed by atoms with Gasteiger partial charge in [-0.2, -0.15) is 4.98 Å². The molecule has 1 aliphatic rings. The molecule has 25 heavy (non-hydrogen) atoms. The second kappa shape index (κ2) is 6.38. The number of carbonyl (C=O) groups excluding carboxylic acids is 1. The molecule has 0 aliphatic heterocycles. The predicted octanol–water partition coefficient (Wildman–Crippen LogP) is 2.33. The van der Waals surface area contributed by atoms with Crippen LogP contribution in [0.4, 0.5) is 8.78 Å². The SMILES string of the molecule is Cc1cc(C)n(CCC(=O)NC2(c3cc(F)cc(F)c3)CC2)c(=O)n1. The molecular weight excluding hydrogens is 328 g/mol. The number of hydrogen-bond acceptors (Lipinski definition) is 3. The van der Waals surface area contributed by atoms with E-state index in [4.69, 9.17) is 0 Å². The fourth-order valence-electron chi connectivity index (χ4n) is 3.03. The lowest BCUT2D eigenvalue weighted by atomic mass is 10.0. The van der Waals surface area contributed by atoms with Crippen molar-refractivity contribution in [3.63, 3.8) is 0 Å². The Kier molecular flexibility index (Phi) is 4.41. The van der Waals surface area contributed by atoms with Crippen LogP contribution in [0.1, 0.15) is 36.2 Å². The van der Waals surface area contributed by atoms with Crippen LogP contribution < -0.4 is 11.0 Å². The Morgan fingerprint density at radius 2 is 1.84 bits per heavy atom. The Balaban J connectivity index is 1.68. The zero-order chi connectivity index (χ0) is 18.2. The highest BCUT2D eigenvalue weighted by molar-refractivity contribution is 5.77. The highest BCUT2D eigenvalue weighted by atomic mass is 19.1. The summed E-state index contributed by atoms with van der Waals surface area (Å²) in [7, 11) is 0. The lowest BCUT2D eigenvalue weighted by Gasteiger charge is -2.19. The van der Waals surface area contributed by atoms with Gasteiger partial charge in [-0.1, -0.05) is 0 Å². The maximum Gasteiger partial charge on any atom is 0.347 e. The van der Waals surface area contributed by atoms with Gasteiger partial charge in [-0.25, -0.2) is 13.6 Å². The molecule has 0 unspecified atom stereocenters. The molecule has 1 saturated carbocycles. The summed E-state index contributed by atoms with van der Waals surface area (Å²) in [5.41, 5.74) is 0.709. The van der Waals surface area contributed by atoms with Gasteiger partial charge in [-0.3, -0.25) is 9.36 Å². The molecule has 0 bridgehead atoms. The fourth-order valence-corrected chi connectivity index (χ4v) is 3.03. The zero-order valence-corrected chi connectivity index (χ0v) is 14.1. The number of amides is 1. The molecule has 1 heterocycles. The van der Waals surface area contributed by atoms with Crippen molar-refractivity contribution in [2.75, 3.05) is 0 Å². The van der Waals surface area contributed by atoms with Crippen LogP contribution in [0.3, 0.4) is 0 Å². The first kappa shape index (κ1) is 17.3. The van der Waals surface area contributed by atoms with Crippen molar-refractivity contribution in [1.82, 2.24) is 14.9 Å². The standard InChI is InChI=1S/C18H19F2N3O2/c1-11-7-12(2)23(17(25)21-11)6-3-16(24)22-18(4-5-18)13-8-14(19)10-15(20)9-13/h7-10H,3-6H2,1-2H3,(H,22,24). The van der Waals surface area contributed by atoms with E-state index in [1.807, 2.05) is 0 Å². The first-order valence-electron chi connectivity index (χ1n) is 8.12. The molecule has 7 heteroatoms. The molecule has 1 aromatic carbocycles. The van der Waals surface area contributed by atoms with Gasteiger partial charge in [0.2, 0.25) is 5.91 Å². The summed E-state index contributed by atoms with van der Waals surface area (Å²) in [4.78, 5) is 28.0. The van der Waals surface area contributed by atoms with Gasteiger partial charge in [0.05, 0.1) is 5.54 Å². The summed E-state index contributed by atoms with van der Waals surface area (Å²) in [6.07, 6.45) is 1.35. The van der Waals surface area contributed by atoms with Crippen LogP contribution in [-0.4, -0.2) is 15.5 Å². The fraction of sp³-hybridized carbons (Fsp3) is 0.389. The first-order chi connectivity index (χ1) is 11.8. The Bertz CT molecular complexity index is 868. The number of rotatable bonds is 5. The quantitative estimate of drug-likeness (QED) is 0.903. The Labute approximate surface area is 143 Å². The number of carbonyl (C=O) groups is 1. The molecule has 5 nitrogen and oxygen atoms in total. The van der Waals surface area contributed by atoms with Crippen LogP contribution in [0.15, 0.2) is 29.1 Å². The molecule has 1 fully saturated rings. The van der Waals surface area contributed by atoms with E-state index in [9.17, 15) is 18.4 Å². The van der Waals surface area contributed by atoms with E-state index in [2.05, 4.69) is 10.3 Å². The predicted molar refractivity (Wildman–Crippen MR) is 88.0 cm³/mol. The van der Waals surface area contributed by atoms with Crippen LogP contribution in [0.2, 0.25) is 0 Å². The van der Waals surface area contributed by atoms with E-state index in [1.165, 1.54) is 16.7 Å². The number of aryl methyl sites for hydroxylation is 2. The van der Waals surface area contributed by atoms with Crippen molar-refractivity contribution in [2.24, 2.45) is 0 Å². The second-order valence-electron chi connectivity index (χ2n) is 6.51. The van der Waals surface area contributed by atoms with Crippen LogP contribution in [0.25, 0.3) is 0 Å². The van der Waals surface area contributed by atoms with Gasteiger partial charge in [-0.15, -0.1) is 0 Å². The Morgan fingerprint density at radius 1 is 1.20 bits per heavy atom. The molecule has 1 aromatic heterocycles. The number of aromatic nitrogens is 2. The molecule has 2 aromatic rings. The summed E-state index contributed by atoms with van der Waals surface area (Å²) in [6.45, 7) is 3.73.